The predicted molar refractivity (Wildman–Crippen MR) is 69.6 cm³/mol. The third-order valence-corrected chi connectivity index (χ3v) is 3.07. The Labute approximate surface area is 101 Å². The van der Waals surface area contributed by atoms with Crippen LogP contribution in [0.3, 0.4) is 0 Å². The lowest BCUT2D eigenvalue weighted by molar-refractivity contribution is -0.118. The maximum absolute atomic E-state index is 10.4. The van der Waals surface area contributed by atoms with Crippen LogP contribution in [0.1, 0.15) is 57.8 Å². The molecular formula is C11H22INO. The van der Waals surface area contributed by atoms with Crippen molar-refractivity contribution in [2.75, 3.05) is 4.43 Å². The molecule has 0 aromatic rings. The number of hydrogen-bond acceptors (Lipinski definition) is 1. The maximum Gasteiger partial charge on any atom is 0.217 e. The van der Waals surface area contributed by atoms with Crippen LogP contribution in [0.15, 0.2) is 0 Å². The summed E-state index contributed by atoms with van der Waals surface area (Å²) in [7, 11) is 0. The van der Waals surface area contributed by atoms with Crippen molar-refractivity contribution in [3.05, 3.63) is 0 Å². The monoisotopic (exact) mass is 311 g/mol. The summed E-state index contributed by atoms with van der Waals surface area (Å²) in [6.45, 7) is 0. The van der Waals surface area contributed by atoms with Crippen LogP contribution in [-0.2, 0) is 4.79 Å². The number of alkyl halides is 1. The normalized spacial score (nSPS) is 10.4. The second kappa shape index (κ2) is 11.3. The van der Waals surface area contributed by atoms with Gasteiger partial charge < -0.3 is 5.73 Å². The van der Waals surface area contributed by atoms with Crippen LogP contribution in [0.2, 0.25) is 0 Å². The molecule has 0 unspecified atom stereocenters. The van der Waals surface area contributed by atoms with Crippen LogP contribution in [0.5, 0.6) is 0 Å². The van der Waals surface area contributed by atoms with Gasteiger partial charge in [-0.15, -0.1) is 0 Å². The first-order valence-electron chi connectivity index (χ1n) is 5.61. The molecule has 2 N–H and O–H groups in total. The topological polar surface area (TPSA) is 43.1 Å². The SMILES string of the molecule is NC(=O)CCCCCCCCCCI. The second-order valence-corrected chi connectivity index (χ2v) is 4.81. The third kappa shape index (κ3) is 12.2. The Balaban J connectivity index is 2.88. The number of nitrogens with two attached hydrogens (primary N) is 1. The molecule has 84 valence electrons. The molecule has 0 rings (SSSR count). The number of primary amides is 1. The molecule has 0 aromatic carbocycles. The van der Waals surface area contributed by atoms with Crippen molar-refractivity contribution in [3.8, 4) is 0 Å². The molecule has 0 saturated carbocycles. The zero-order chi connectivity index (χ0) is 10.6. The zero-order valence-corrected chi connectivity index (χ0v) is 11.1. The van der Waals surface area contributed by atoms with E-state index in [2.05, 4.69) is 22.6 Å². The maximum atomic E-state index is 10.4. The van der Waals surface area contributed by atoms with E-state index in [-0.39, 0.29) is 5.91 Å². The summed E-state index contributed by atoms with van der Waals surface area (Å²) in [5.41, 5.74) is 5.05. The van der Waals surface area contributed by atoms with Gasteiger partial charge in [0.25, 0.3) is 0 Å². The van der Waals surface area contributed by atoms with Crippen molar-refractivity contribution >= 4 is 28.5 Å². The van der Waals surface area contributed by atoms with Gasteiger partial charge in [-0.2, -0.15) is 0 Å². The highest BCUT2D eigenvalue weighted by molar-refractivity contribution is 14.1. The van der Waals surface area contributed by atoms with Crippen LogP contribution in [0, 0.1) is 0 Å². The third-order valence-electron chi connectivity index (χ3n) is 2.31. The summed E-state index contributed by atoms with van der Waals surface area (Å²) in [6.07, 6.45) is 10.8. The van der Waals surface area contributed by atoms with Crippen molar-refractivity contribution in [3.63, 3.8) is 0 Å². The first-order valence-corrected chi connectivity index (χ1v) is 7.14. The Kier molecular flexibility index (Phi) is 11.4. The highest BCUT2D eigenvalue weighted by Gasteiger charge is 1.94. The number of hydrogen-bond donors (Lipinski definition) is 1. The van der Waals surface area contributed by atoms with Gasteiger partial charge in [0.1, 0.15) is 0 Å². The van der Waals surface area contributed by atoms with Gasteiger partial charge in [0, 0.05) is 6.42 Å². The molecule has 0 atom stereocenters. The standard InChI is InChI=1S/C11H22INO/c12-10-8-6-4-2-1-3-5-7-9-11(13)14/h1-10H2,(H2,13,14). The number of unbranched alkanes of at least 4 members (excludes halogenated alkanes) is 7. The Morgan fingerprint density at radius 2 is 1.29 bits per heavy atom. The minimum atomic E-state index is -0.160. The molecule has 0 fully saturated rings. The highest BCUT2D eigenvalue weighted by Crippen LogP contribution is 2.09. The lowest BCUT2D eigenvalue weighted by atomic mass is 10.1. The van der Waals surface area contributed by atoms with Crippen molar-refractivity contribution in [2.45, 2.75) is 57.8 Å². The minimum absolute atomic E-state index is 0.160. The van der Waals surface area contributed by atoms with E-state index in [4.69, 9.17) is 5.73 Å². The molecule has 3 heteroatoms. The first-order chi connectivity index (χ1) is 6.77. The molecule has 0 aliphatic rings. The van der Waals surface area contributed by atoms with Gasteiger partial charge in [-0.1, -0.05) is 61.1 Å². The Morgan fingerprint density at radius 3 is 1.71 bits per heavy atom. The number of carbonyl (C=O) groups is 1. The average molecular weight is 311 g/mol. The number of rotatable bonds is 10. The summed E-state index contributed by atoms with van der Waals surface area (Å²) in [6, 6.07) is 0. The van der Waals surface area contributed by atoms with E-state index in [9.17, 15) is 4.79 Å². The molecule has 0 aliphatic carbocycles. The Hall–Kier alpha value is 0.200. The number of amides is 1. The molecule has 0 saturated heterocycles. The quantitative estimate of drug-likeness (QED) is 0.375. The lowest BCUT2D eigenvalue weighted by Crippen LogP contribution is -2.09. The van der Waals surface area contributed by atoms with Gasteiger partial charge in [-0.05, 0) is 17.3 Å². The van der Waals surface area contributed by atoms with Gasteiger partial charge in [-0.25, -0.2) is 0 Å². The van der Waals surface area contributed by atoms with E-state index >= 15 is 0 Å². The molecule has 14 heavy (non-hydrogen) atoms. The fourth-order valence-electron chi connectivity index (χ4n) is 1.45. The van der Waals surface area contributed by atoms with Crippen LogP contribution >= 0.6 is 22.6 Å². The molecule has 0 aliphatic heterocycles. The van der Waals surface area contributed by atoms with Gasteiger partial charge in [0.05, 0.1) is 0 Å². The molecular weight excluding hydrogens is 289 g/mol. The fraction of sp³-hybridized carbons (Fsp3) is 0.909. The molecule has 0 spiro atoms. The zero-order valence-electron chi connectivity index (χ0n) is 8.93. The smallest absolute Gasteiger partial charge is 0.217 e. The minimum Gasteiger partial charge on any atom is -0.370 e. The van der Waals surface area contributed by atoms with E-state index in [1.807, 2.05) is 0 Å². The summed E-state index contributed by atoms with van der Waals surface area (Å²) < 4.78 is 1.29. The van der Waals surface area contributed by atoms with Crippen molar-refractivity contribution in [1.29, 1.82) is 0 Å². The van der Waals surface area contributed by atoms with E-state index < -0.39 is 0 Å². The number of carbonyl (C=O) groups excluding carboxylic acids is 1. The summed E-state index contributed by atoms with van der Waals surface area (Å²) in [5, 5.41) is 0. The second-order valence-electron chi connectivity index (χ2n) is 3.73. The molecule has 0 aromatic heterocycles. The van der Waals surface area contributed by atoms with Crippen molar-refractivity contribution in [1.82, 2.24) is 0 Å². The Bertz CT molecular complexity index is 139. The highest BCUT2D eigenvalue weighted by atomic mass is 127. The van der Waals surface area contributed by atoms with Gasteiger partial charge in [0.15, 0.2) is 0 Å². The van der Waals surface area contributed by atoms with Crippen LogP contribution < -0.4 is 5.73 Å². The van der Waals surface area contributed by atoms with E-state index in [0.29, 0.717) is 6.42 Å². The van der Waals surface area contributed by atoms with Crippen LogP contribution in [0.25, 0.3) is 0 Å². The van der Waals surface area contributed by atoms with Crippen LogP contribution in [-0.4, -0.2) is 10.3 Å². The molecule has 0 heterocycles. The first kappa shape index (κ1) is 14.2. The van der Waals surface area contributed by atoms with E-state index in [1.165, 1.54) is 43.0 Å². The Morgan fingerprint density at radius 1 is 0.857 bits per heavy atom. The van der Waals surface area contributed by atoms with Gasteiger partial charge in [0.2, 0.25) is 5.91 Å². The van der Waals surface area contributed by atoms with Gasteiger partial charge in [-0.3, -0.25) is 4.79 Å². The van der Waals surface area contributed by atoms with Crippen molar-refractivity contribution < 1.29 is 4.79 Å². The molecule has 0 radical (unpaired) electrons. The fourth-order valence-corrected chi connectivity index (χ4v) is 1.99. The van der Waals surface area contributed by atoms with E-state index in [0.717, 1.165) is 12.8 Å². The average Bonchev–Trinajstić information content (AvgIpc) is 2.15. The molecule has 2 nitrogen and oxygen atoms in total. The van der Waals surface area contributed by atoms with Crippen molar-refractivity contribution in [2.24, 2.45) is 5.73 Å². The van der Waals surface area contributed by atoms with Gasteiger partial charge >= 0.3 is 0 Å². The summed E-state index contributed by atoms with van der Waals surface area (Å²) in [4.78, 5) is 10.4. The van der Waals surface area contributed by atoms with Crippen LogP contribution in [0.4, 0.5) is 0 Å². The molecule has 1 amide bonds. The molecule has 0 bridgehead atoms. The largest absolute Gasteiger partial charge is 0.370 e. The summed E-state index contributed by atoms with van der Waals surface area (Å²) in [5.74, 6) is -0.160. The summed E-state index contributed by atoms with van der Waals surface area (Å²) >= 11 is 2.43. The predicted octanol–water partition coefficient (Wildman–Crippen LogP) is 3.42. The number of halogens is 1. The lowest BCUT2D eigenvalue weighted by Gasteiger charge is -2.00. The van der Waals surface area contributed by atoms with E-state index in [1.54, 1.807) is 0 Å².